The second kappa shape index (κ2) is 4.41. The van der Waals surface area contributed by atoms with Gasteiger partial charge in [-0.2, -0.15) is 0 Å². The lowest BCUT2D eigenvalue weighted by molar-refractivity contribution is 0.628. The van der Waals surface area contributed by atoms with Crippen LogP contribution in [-0.2, 0) is 0 Å². The Morgan fingerprint density at radius 3 is 2.67 bits per heavy atom. The van der Waals surface area contributed by atoms with E-state index in [0.29, 0.717) is 0 Å². The number of nitrogens with one attached hydrogen (secondary N) is 1. The third kappa shape index (κ3) is 2.00. The first kappa shape index (κ1) is 10.7. The minimum absolute atomic E-state index is 0.234. The molecule has 0 bridgehead atoms. The van der Waals surface area contributed by atoms with Crippen molar-refractivity contribution >= 4 is 23.2 Å². The number of hydrogen-bond acceptors (Lipinski definition) is 2. The van der Waals surface area contributed by atoms with E-state index in [9.17, 15) is 4.39 Å². The van der Waals surface area contributed by atoms with Crippen LogP contribution in [0.15, 0.2) is 42.9 Å². The molecule has 3 aromatic rings. The molecule has 0 fully saturated rings. The Labute approximate surface area is 103 Å². The third-order valence-corrected chi connectivity index (χ3v) is 2.69. The molecule has 2 aromatic heterocycles. The van der Waals surface area contributed by atoms with Crippen molar-refractivity contribution in [2.75, 3.05) is 0 Å². The number of aromatic amines is 1. The number of hydrogen-bond donors (Lipinski definition) is 1. The van der Waals surface area contributed by atoms with Gasteiger partial charge in [0.15, 0.2) is 0 Å². The fourth-order valence-electron chi connectivity index (χ4n) is 1.77. The first-order valence-corrected chi connectivity index (χ1v) is 5.55. The second-order valence-electron chi connectivity index (χ2n) is 3.88. The Morgan fingerprint density at radius 1 is 1.00 bits per heavy atom. The smallest absolute Gasteiger partial charge is 0.141 e. The van der Waals surface area contributed by atoms with E-state index in [4.69, 9.17) is 0 Å². The van der Waals surface area contributed by atoms with Crippen molar-refractivity contribution in [2.45, 2.75) is 0 Å². The van der Waals surface area contributed by atoms with Gasteiger partial charge >= 0.3 is 0 Å². The molecule has 3 nitrogen and oxygen atoms in total. The van der Waals surface area contributed by atoms with E-state index in [1.54, 1.807) is 12.1 Å². The number of aromatic nitrogens is 3. The highest BCUT2D eigenvalue weighted by Gasteiger charge is 2.00. The van der Waals surface area contributed by atoms with E-state index in [-0.39, 0.29) is 5.82 Å². The minimum atomic E-state index is -0.234. The Kier molecular flexibility index (Phi) is 2.61. The number of fused-ring (bicyclic) bond motifs is 1. The molecule has 0 saturated heterocycles. The first-order chi connectivity index (χ1) is 8.83. The van der Waals surface area contributed by atoms with E-state index < -0.39 is 0 Å². The van der Waals surface area contributed by atoms with Gasteiger partial charge in [-0.3, -0.25) is 0 Å². The molecule has 0 radical (unpaired) electrons. The molecule has 0 amide bonds. The summed E-state index contributed by atoms with van der Waals surface area (Å²) in [6, 6.07) is 8.25. The van der Waals surface area contributed by atoms with Crippen molar-refractivity contribution in [1.29, 1.82) is 0 Å². The van der Waals surface area contributed by atoms with Crippen LogP contribution in [0, 0.1) is 5.82 Å². The molecular weight excluding hydrogens is 229 g/mol. The summed E-state index contributed by atoms with van der Waals surface area (Å²) in [6.07, 6.45) is 7.14. The van der Waals surface area contributed by atoms with Gasteiger partial charge in [-0.1, -0.05) is 18.2 Å². The standard InChI is InChI=1S/C14H10FN3/c15-11-4-1-10(2-5-11)3-6-13-12-7-8-16-14(12)18-9-17-13/h1-9H,(H,16,17,18). The Hall–Kier alpha value is -2.49. The lowest BCUT2D eigenvalue weighted by Crippen LogP contribution is -1.84. The quantitative estimate of drug-likeness (QED) is 0.745. The Morgan fingerprint density at radius 2 is 1.83 bits per heavy atom. The van der Waals surface area contributed by atoms with E-state index in [2.05, 4.69) is 15.0 Å². The van der Waals surface area contributed by atoms with Crippen LogP contribution in [0.4, 0.5) is 4.39 Å². The molecule has 1 N–H and O–H groups in total. The lowest BCUT2D eigenvalue weighted by Gasteiger charge is -1.96. The average Bonchev–Trinajstić information content (AvgIpc) is 2.87. The summed E-state index contributed by atoms with van der Waals surface area (Å²) in [5.41, 5.74) is 2.58. The maximum absolute atomic E-state index is 12.8. The van der Waals surface area contributed by atoms with Crippen LogP contribution in [0.5, 0.6) is 0 Å². The summed E-state index contributed by atoms with van der Waals surface area (Å²) in [7, 11) is 0. The molecule has 0 spiro atoms. The SMILES string of the molecule is Fc1ccc(C=Cc2ncnc3[nH]ccc23)cc1. The summed E-state index contributed by atoms with van der Waals surface area (Å²) in [5.74, 6) is -0.234. The topological polar surface area (TPSA) is 41.6 Å². The largest absolute Gasteiger partial charge is 0.346 e. The third-order valence-electron chi connectivity index (χ3n) is 2.69. The van der Waals surface area contributed by atoms with Crippen LogP contribution in [0.1, 0.15) is 11.3 Å². The summed E-state index contributed by atoms with van der Waals surface area (Å²) in [6.45, 7) is 0. The molecule has 88 valence electrons. The number of H-pyrrole nitrogens is 1. The Bertz CT molecular complexity index is 698. The second-order valence-corrected chi connectivity index (χ2v) is 3.88. The highest BCUT2D eigenvalue weighted by molar-refractivity contribution is 5.86. The Balaban J connectivity index is 1.96. The minimum Gasteiger partial charge on any atom is -0.346 e. The van der Waals surface area contributed by atoms with Gasteiger partial charge in [0, 0.05) is 11.6 Å². The number of halogens is 1. The van der Waals surface area contributed by atoms with Crippen molar-refractivity contribution in [2.24, 2.45) is 0 Å². The maximum Gasteiger partial charge on any atom is 0.141 e. The summed E-state index contributed by atoms with van der Waals surface area (Å²) in [4.78, 5) is 11.4. The first-order valence-electron chi connectivity index (χ1n) is 5.55. The van der Waals surface area contributed by atoms with Crippen LogP contribution < -0.4 is 0 Å². The van der Waals surface area contributed by atoms with Crippen molar-refractivity contribution in [1.82, 2.24) is 15.0 Å². The highest BCUT2D eigenvalue weighted by Crippen LogP contribution is 2.15. The van der Waals surface area contributed by atoms with E-state index >= 15 is 0 Å². The van der Waals surface area contributed by atoms with Gasteiger partial charge in [0.05, 0.1) is 5.69 Å². The molecule has 0 saturated carbocycles. The van der Waals surface area contributed by atoms with Gasteiger partial charge in [-0.25, -0.2) is 14.4 Å². The zero-order valence-corrected chi connectivity index (χ0v) is 9.47. The number of benzene rings is 1. The molecule has 0 aliphatic rings. The molecular formula is C14H10FN3. The number of nitrogens with zero attached hydrogens (tertiary/aromatic N) is 2. The molecule has 0 aliphatic heterocycles. The van der Waals surface area contributed by atoms with Crippen LogP contribution in [0.25, 0.3) is 23.2 Å². The lowest BCUT2D eigenvalue weighted by atomic mass is 10.2. The fourth-order valence-corrected chi connectivity index (χ4v) is 1.77. The zero-order valence-electron chi connectivity index (χ0n) is 9.47. The number of rotatable bonds is 2. The van der Waals surface area contributed by atoms with Crippen molar-refractivity contribution in [3.05, 3.63) is 59.9 Å². The highest BCUT2D eigenvalue weighted by atomic mass is 19.1. The van der Waals surface area contributed by atoms with Crippen molar-refractivity contribution in [3.8, 4) is 0 Å². The van der Waals surface area contributed by atoms with Gasteiger partial charge in [-0.05, 0) is 29.8 Å². The van der Waals surface area contributed by atoms with Crippen LogP contribution in [0.2, 0.25) is 0 Å². The van der Waals surface area contributed by atoms with Gasteiger partial charge in [0.2, 0.25) is 0 Å². The predicted molar refractivity (Wildman–Crippen MR) is 69.2 cm³/mol. The molecule has 1 aromatic carbocycles. The van der Waals surface area contributed by atoms with Crippen molar-refractivity contribution < 1.29 is 4.39 Å². The summed E-state index contributed by atoms with van der Waals surface area (Å²) in [5, 5.41) is 0.968. The van der Waals surface area contributed by atoms with Crippen LogP contribution in [0.3, 0.4) is 0 Å². The molecule has 2 heterocycles. The van der Waals surface area contributed by atoms with Gasteiger partial charge < -0.3 is 4.98 Å². The van der Waals surface area contributed by atoms with E-state index in [1.165, 1.54) is 18.5 Å². The van der Waals surface area contributed by atoms with Gasteiger partial charge in [0.25, 0.3) is 0 Å². The zero-order chi connectivity index (χ0) is 12.4. The monoisotopic (exact) mass is 239 g/mol. The molecule has 0 atom stereocenters. The van der Waals surface area contributed by atoms with E-state index in [0.717, 1.165) is 22.3 Å². The molecule has 18 heavy (non-hydrogen) atoms. The summed E-state index contributed by atoms with van der Waals surface area (Å²) < 4.78 is 12.8. The predicted octanol–water partition coefficient (Wildman–Crippen LogP) is 3.27. The van der Waals surface area contributed by atoms with Crippen LogP contribution in [-0.4, -0.2) is 15.0 Å². The molecule has 3 rings (SSSR count). The van der Waals surface area contributed by atoms with Gasteiger partial charge in [-0.15, -0.1) is 0 Å². The van der Waals surface area contributed by atoms with Crippen molar-refractivity contribution in [3.63, 3.8) is 0 Å². The normalized spacial score (nSPS) is 11.4. The van der Waals surface area contributed by atoms with Crippen LogP contribution >= 0.6 is 0 Å². The average molecular weight is 239 g/mol. The summed E-state index contributed by atoms with van der Waals surface area (Å²) >= 11 is 0. The maximum atomic E-state index is 12.8. The fraction of sp³-hybridized carbons (Fsp3) is 0. The molecule has 0 unspecified atom stereocenters. The van der Waals surface area contributed by atoms with Gasteiger partial charge in [0.1, 0.15) is 17.8 Å². The molecule has 4 heteroatoms. The molecule has 0 aliphatic carbocycles. The van der Waals surface area contributed by atoms with E-state index in [1.807, 2.05) is 24.4 Å².